The van der Waals surface area contributed by atoms with Gasteiger partial charge in [-0.25, -0.2) is 9.80 Å². The average Bonchev–Trinajstić information content (AvgIpc) is 2.96. The van der Waals surface area contributed by atoms with E-state index in [1.165, 1.54) is 24.2 Å². The fraction of sp³-hybridized carbons (Fsp3) is 0.320. The second kappa shape index (κ2) is 9.09. The highest BCUT2D eigenvalue weighted by Crippen LogP contribution is 2.32. The van der Waals surface area contributed by atoms with Gasteiger partial charge in [-0.15, -0.1) is 13.2 Å². The number of amides is 2. The summed E-state index contributed by atoms with van der Waals surface area (Å²) in [5.41, 5.74) is 6.16. The molecule has 2 amide bonds. The molecule has 10 heteroatoms. The van der Waals surface area contributed by atoms with Crippen molar-refractivity contribution >= 4 is 11.7 Å². The molecule has 1 aliphatic heterocycles. The number of alkyl halides is 3. The summed E-state index contributed by atoms with van der Waals surface area (Å²) in [4.78, 5) is 12.6. The molecule has 0 radical (unpaired) electrons. The highest BCUT2D eigenvalue weighted by Gasteiger charge is 2.32. The van der Waals surface area contributed by atoms with Crippen LogP contribution in [0.25, 0.3) is 11.1 Å². The Morgan fingerprint density at radius 1 is 1.11 bits per heavy atom. The van der Waals surface area contributed by atoms with Crippen molar-refractivity contribution in [2.75, 3.05) is 7.05 Å². The van der Waals surface area contributed by atoms with Gasteiger partial charge in [0.05, 0.1) is 17.4 Å². The van der Waals surface area contributed by atoms with Crippen molar-refractivity contribution in [3.63, 3.8) is 0 Å². The smallest absolute Gasteiger partial charge is 0.406 e. The zero-order chi connectivity index (χ0) is 25.5. The minimum Gasteiger partial charge on any atom is -0.406 e. The quantitative estimate of drug-likeness (QED) is 0.571. The number of urea groups is 1. The van der Waals surface area contributed by atoms with Crippen LogP contribution in [0.15, 0.2) is 47.6 Å². The van der Waals surface area contributed by atoms with Gasteiger partial charge >= 0.3 is 12.4 Å². The lowest BCUT2D eigenvalue weighted by molar-refractivity contribution is -0.274. The minimum atomic E-state index is -4.82. The summed E-state index contributed by atoms with van der Waals surface area (Å²) in [5, 5.41) is 13.0. The molecule has 0 bridgehead atoms. The number of carbonyl (C=O) groups is 1. The van der Waals surface area contributed by atoms with Crippen LogP contribution in [0.3, 0.4) is 0 Å². The summed E-state index contributed by atoms with van der Waals surface area (Å²) < 4.78 is 44.7. The normalized spacial score (nSPS) is 15.8. The van der Waals surface area contributed by atoms with Crippen LogP contribution >= 0.6 is 0 Å². The van der Waals surface area contributed by atoms with E-state index in [1.807, 2.05) is 56.8 Å². The molecule has 1 N–H and O–H groups in total. The summed E-state index contributed by atoms with van der Waals surface area (Å²) in [6.45, 7) is 5.76. The number of hydrogen-bond acceptors (Lipinski definition) is 4. The van der Waals surface area contributed by atoms with Crippen molar-refractivity contribution in [3.05, 3.63) is 70.5 Å². The third-order valence-corrected chi connectivity index (χ3v) is 6.09. The van der Waals surface area contributed by atoms with Crippen molar-refractivity contribution in [1.82, 2.24) is 20.1 Å². The topological polar surface area (TPSA) is 71.8 Å². The maximum Gasteiger partial charge on any atom is 0.573 e. The molecule has 1 aromatic heterocycles. The third kappa shape index (κ3) is 4.87. The van der Waals surface area contributed by atoms with E-state index < -0.39 is 12.4 Å². The molecular weight excluding hydrogens is 459 g/mol. The summed E-state index contributed by atoms with van der Waals surface area (Å²) in [7, 11) is 3.39. The molecule has 35 heavy (non-hydrogen) atoms. The second-order valence-corrected chi connectivity index (χ2v) is 8.52. The fourth-order valence-corrected chi connectivity index (χ4v) is 4.38. The molecule has 2 aromatic carbocycles. The number of hydrogen-bond donors (Lipinski definition) is 1. The highest BCUT2D eigenvalue weighted by molar-refractivity contribution is 6.14. The number of ether oxygens (including phenoxy) is 1. The molecule has 7 nitrogen and oxygen atoms in total. The monoisotopic (exact) mass is 485 g/mol. The Bertz CT molecular complexity index is 1300. The summed E-state index contributed by atoms with van der Waals surface area (Å²) in [6.07, 6.45) is -4.41. The Kier molecular flexibility index (Phi) is 6.31. The number of carbonyl (C=O) groups excluding carboxylic acids is 1. The number of nitrogens with one attached hydrogen (secondary N) is 1. The van der Waals surface area contributed by atoms with Gasteiger partial charge in [-0.2, -0.15) is 10.2 Å². The number of nitrogens with zero attached hydrogens (tertiary/aromatic N) is 4. The van der Waals surface area contributed by atoms with Gasteiger partial charge in [-0.3, -0.25) is 4.68 Å². The van der Waals surface area contributed by atoms with Crippen molar-refractivity contribution in [2.45, 2.75) is 39.6 Å². The van der Waals surface area contributed by atoms with E-state index >= 15 is 0 Å². The highest BCUT2D eigenvalue weighted by atomic mass is 19.4. The Balaban J connectivity index is 1.84. The van der Waals surface area contributed by atoms with E-state index in [9.17, 15) is 18.0 Å². The molecule has 1 atom stereocenters. The molecule has 184 valence electrons. The van der Waals surface area contributed by atoms with E-state index in [0.717, 1.165) is 28.1 Å². The van der Waals surface area contributed by atoms with Gasteiger partial charge in [-0.05, 0) is 50.5 Å². The standard InChI is InChI=1S/C25H26F3N5O2/c1-14-12-19-10-11-20(35-25(26,27)28)13-21(19)23(31-33(14)24(34)29-4)18-8-6-17(7-9-18)22-15(2)30-32(5)16(22)3/h6-11,13-14H,12H2,1-5H3,(H,29,34)/t14-/m1/s1. The maximum atomic E-state index is 12.9. The molecule has 0 unspecified atom stereocenters. The van der Waals surface area contributed by atoms with Gasteiger partial charge < -0.3 is 10.1 Å². The molecule has 4 rings (SSSR count). The maximum absolute atomic E-state index is 12.9. The third-order valence-electron chi connectivity index (χ3n) is 6.09. The SMILES string of the molecule is CNC(=O)N1N=C(c2ccc(-c3c(C)nn(C)c3C)cc2)c2cc(OC(F)(F)F)ccc2C[C@H]1C. The Morgan fingerprint density at radius 2 is 1.77 bits per heavy atom. The number of halogens is 3. The molecule has 3 aromatic rings. The molecule has 0 spiro atoms. The fourth-order valence-electron chi connectivity index (χ4n) is 4.38. The second-order valence-electron chi connectivity index (χ2n) is 8.52. The predicted molar refractivity (Wildman–Crippen MR) is 126 cm³/mol. The van der Waals surface area contributed by atoms with Gasteiger partial charge in [0.15, 0.2) is 0 Å². The lowest BCUT2D eigenvalue weighted by Gasteiger charge is -2.22. The molecule has 0 saturated heterocycles. The van der Waals surface area contributed by atoms with Gasteiger partial charge in [0, 0.05) is 36.5 Å². The first-order valence-corrected chi connectivity index (χ1v) is 11.1. The zero-order valence-corrected chi connectivity index (χ0v) is 20.1. The van der Waals surface area contributed by atoms with Crippen LogP contribution in [0.5, 0.6) is 5.75 Å². The number of hydrazone groups is 1. The number of aromatic nitrogens is 2. The molecular formula is C25H26F3N5O2. The Hall–Kier alpha value is -3.82. The molecule has 1 aliphatic rings. The Morgan fingerprint density at radius 3 is 2.34 bits per heavy atom. The van der Waals surface area contributed by atoms with Gasteiger partial charge in [0.25, 0.3) is 0 Å². The molecule has 0 saturated carbocycles. The molecule has 2 heterocycles. The van der Waals surface area contributed by atoms with Crippen molar-refractivity contribution in [3.8, 4) is 16.9 Å². The van der Waals surface area contributed by atoms with Crippen LogP contribution in [0.1, 0.15) is 35.0 Å². The lowest BCUT2D eigenvalue weighted by Crippen LogP contribution is -2.41. The van der Waals surface area contributed by atoms with Crippen LogP contribution in [-0.2, 0) is 13.5 Å². The van der Waals surface area contributed by atoms with Crippen molar-refractivity contribution in [2.24, 2.45) is 12.1 Å². The van der Waals surface area contributed by atoms with Crippen LogP contribution in [0.4, 0.5) is 18.0 Å². The minimum absolute atomic E-state index is 0.319. The predicted octanol–water partition coefficient (Wildman–Crippen LogP) is 4.94. The van der Waals surface area contributed by atoms with Crippen LogP contribution in [-0.4, -0.2) is 46.0 Å². The van der Waals surface area contributed by atoms with Crippen LogP contribution in [0.2, 0.25) is 0 Å². The van der Waals surface area contributed by atoms with E-state index in [1.54, 1.807) is 6.07 Å². The van der Waals surface area contributed by atoms with Gasteiger partial charge in [0.2, 0.25) is 0 Å². The number of fused-ring (bicyclic) bond motifs is 1. The first-order valence-electron chi connectivity index (χ1n) is 11.1. The summed E-state index contributed by atoms with van der Waals surface area (Å²) in [6, 6.07) is 11.0. The van der Waals surface area contributed by atoms with E-state index in [0.29, 0.717) is 23.3 Å². The van der Waals surface area contributed by atoms with Crippen LogP contribution < -0.4 is 10.1 Å². The number of benzene rings is 2. The average molecular weight is 486 g/mol. The Labute approximate surface area is 201 Å². The molecule has 0 aliphatic carbocycles. The van der Waals surface area contributed by atoms with Crippen molar-refractivity contribution < 1.29 is 22.7 Å². The molecule has 0 fully saturated rings. The largest absolute Gasteiger partial charge is 0.573 e. The van der Waals surface area contributed by atoms with Crippen LogP contribution in [0, 0.1) is 13.8 Å². The first kappa shape index (κ1) is 24.3. The van der Waals surface area contributed by atoms with E-state index in [-0.39, 0.29) is 11.8 Å². The van der Waals surface area contributed by atoms with Gasteiger partial charge in [0.1, 0.15) is 5.75 Å². The first-order chi connectivity index (χ1) is 16.5. The number of rotatable bonds is 3. The zero-order valence-electron chi connectivity index (χ0n) is 20.1. The van der Waals surface area contributed by atoms with E-state index in [2.05, 4.69) is 20.3 Å². The lowest BCUT2D eigenvalue weighted by atomic mass is 9.93. The van der Waals surface area contributed by atoms with E-state index in [4.69, 9.17) is 0 Å². The van der Waals surface area contributed by atoms with Crippen molar-refractivity contribution in [1.29, 1.82) is 0 Å². The number of aryl methyl sites for hydroxylation is 2. The summed E-state index contributed by atoms with van der Waals surface area (Å²) >= 11 is 0. The van der Waals surface area contributed by atoms with Gasteiger partial charge in [-0.1, -0.05) is 30.3 Å². The summed E-state index contributed by atoms with van der Waals surface area (Å²) in [5.74, 6) is -0.344.